The van der Waals surface area contributed by atoms with Crippen molar-refractivity contribution in [2.75, 3.05) is 13.7 Å². The van der Waals surface area contributed by atoms with Crippen molar-refractivity contribution in [3.8, 4) is 0 Å². The number of hydrazine groups is 1. The standard InChI is InChI=1S/C19H33Cl2N5O2/c1-11(10-28-2)22-19(24-18(27)12-3-5-13(20)6-4-12)23-17-15-8-7-14(21)9-16(15)25-26-17/h11-17,25-26H,3-10H2,1-2H3,(H2,22,23,24,27)/t11-,12?,13?,14?,15?,16?,17?/m0/s1. The summed E-state index contributed by atoms with van der Waals surface area (Å²) in [5, 5.41) is 6.74. The molecule has 3 rings (SSSR count). The minimum absolute atomic E-state index is 0.00571. The molecule has 2 aliphatic carbocycles. The molecule has 9 heteroatoms. The van der Waals surface area contributed by atoms with E-state index in [0.29, 0.717) is 24.5 Å². The molecule has 0 radical (unpaired) electrons. The number of amides is 1. The Morgan fingerprint density at radius 1 is 1.14 bits per heavy atom. The zero-order valence-electron chi connectivity index (χ0n) is 16.7. The molecule has 0 bridgehead atoms. The second-order valence-corrected chi connectivity index (χ2v) is 9.57. The molecule has 7 nitrogen and oxygen atoms in total. The largest absolute Gasteiger partial charge is 0.383 e. The number of ether oxygens (including phenoxy) is 1. The second kappa shape index (κ2) is 10.4. The van der Waals surface area contributed by atoms with Crippen LogP contribution in [-0.2, 0) is 9.53 Å². The molecule has 3 fully saturated rings. The molecule has 160 valence electrons. The van der Waals surface area contributed by atoms with Crippen molar-refractivity contribution in [2.45, 2.75) is 80.9 Å². The average Bonchev–Trinajstić information content (AvgIpc) is 3.04. The maximum absolute atomic E-state index is 12.8. The van der Waals surface area contributed by atoms with Gasteiger partial charge in [-0.1, -0.05) is 0 Å². The van der Waals surface area contributed by atoms with Crippen LogP contribution in [0.15, 0.2) is 4.99 Å². The van der Waals surface area contributed by atoms with E-state index in [1.54, 1.807) is 7.11 Å². The molecular weight excluding hydrogens is 401 g/mol. The zero-order valence-corrected chi connectivity index (χ0v) is 18.2. The van der Waals surface area contributed by atoms with Crippen molar-refractivity contribution < 1.29 is 9.53 Å². The van der Waals surface area contributed by atoms with E-state index in [0.717, 1.165) is 44.9 Å². The fourth-order valence-electron chi connectivity index (χ4n) is 4.42. The fraction of sp³-hybridized carbons (Fsp3) is 0.895. The number of hydrogen-bond donors (Lipinski definition) is 4. The molecule has 1 aliphatic heterocycles. The SMILES string of the molecule is COC[C@H](C)N/C(=N\C1NNC2CC(Cl)CCC21)NC(=O)C1CCC(Cl)CC1. The highest BCUT2D eigenvalue weighted by molar-refractivity contribution is 6.20. The first-order valence-electron chi connectivity index (χ1n) is 10.4. The number of aliphatic imine (C=N–C) groups is 1. The number of halogens is 2. The van der Waals surface area contributed by atoms with E-state index in [1.165, 1.54) is 0 Å². The van der Waals surface area contributed by atoms with E-state index in [-0.39, 0.29) is 34.8 Å². The number of nitrogens with one attached hydrogen (secondary N) is 4. The van der Waals surface area contributed by atoms with Gasteiger partial charge in [-0.15, -0.1) is 23.2 Å². The van der Waals surface area contributed by atoms with Crippen LogP contribution in [0.2, 0.25) is 0 Å². The first kappa shape index (κ1) is 22.1. The average molecular weight is 434 g/mol. The molecule has 5 atom stereocenters. The topological polar surface area (TPSA) is 86.8 Å². The predicted molar refractivity (Wildman–Crippen MR) is 112 cm³/mol. The Bertz CT molecular complexity index is 556. The summed E-state index contributed by atoms with van der Waals surface area (Å²) in [5.41, 5.74) is 6.60. The number of guanidine groups is 1. The van der Waals surface area contributed by atoms with Gasteiger partial charge in [-0.25, -0.2) is 10.4 Å². The molecular formula is C19H33Cl2N5O2. The summed E-state index contributed by atoms with van der Waals surface area (Å²) in [6, 6.07) is 0.351. The Morgan fingerprint density at radius 3 is 2.57 bits per heavy atom. The zero-order chi connectivity index (χ0) is 20.1. The number of alkyl halides is 2. The number of carbonyl (C=O) groups is 1. The number of methoxy groups -OCH3 is 1. The maximum atomic E-state index is 12.8. The molecule has 28 heavy (non-hydrogen) atoms. The highest BCUT2D eigenvalue weighted by Crippen LogP contribution is 2.33. The minimum atomic E-state index is -0.0923. The lowest BCUT2D eigenvalue weighted by molar-refractivity contribution is -0.124. The van der Waals surface area contributed by atoms with Crippen LogP contribution < -0.4 is 21.5 Å². The third-order valence-corrected chi connectivity index (χ3v) is 6.83. The summed E-state index contributed by atoms with van der Waals surface area (Å²) in [6.45, 7) is 2.54. The van der Waals surface area contributed by atoms with E-state index < -0.39 is 0 Å². The van der Waals surface area contributed by atoms with Crippen LogP contribution in [-0.4, -0.2) is 54.6 Å². The van der Waals surface area contributed by atoms with Crippen molar-refractivity contribution in [2.24, 2.45) is 16.8 Å². The summed E-state index contributed by atoms with van der Waals surface area (Å²) in [7, 11) is 1.66. The van der Waals surface area contributed by atoms with Crippen LogP contribution in [0.1, 0.15) is 51.9 Å². The number of nitrogens with zero attached hydrogens (tertiary/aromatic N) is 1. The van der Waals surface area contributed by atoms with Gasteiger partial charge in [0, 0.05) is 41.8 Å². The van der Waals surface area contributed by atoms with Gasteiger partial charge in [0.25, 0.3) is 0 Å². The van der Waals surface area contributed by atoms with Gasteiger partial charge in [0.05, 0.1) is 6.61 Å². The van der Waals surface area contributed by atoms with Gasteiger partial charge < -0.3 is 10.1 Å². The predicted octanol–water partition coefficient (Wildman–Crippen LogP) is 2.09. The van der Waals surface area contributed by atoms with Crippen LogP contribution in [0.25, 0.3) is 0 Å². The van der Waals surface area contributed by atoms with Gasteiger partial charge in [-0.2, -0.15) is 0 Å². The third kappa shape index (κ3) is 5.95. The molecule has 0 spiro atoms. The van der Waals surface area contributed by atoms with Gasteiger partial charge in [0.15, 0.2) is 5.96 Å². The van der Waals surface area contributed by atoms with Crippen LogP contribution in [0.3, 0.4) is 0 Å². The summed E-state index contributed by atoms with van der Waals surface area (Å²) < 4.78 is 5.22. The normalized spacial score (nSPS) is 37.2. The second-order valence-electron chi connectivity index (χ2n) is 8.33. The Morgan fingerprint density at radius 2 is 1.86 bits per heavy atom. The first-order chi connectivity index (χ1) is 13.5. The number of fused-ring (bicyclic) bond motifs is 1. The molecule has 2 saturated carbocycles. The van der Waals surface area contributed by atoms with Crippen molar-refractivity contribution >= 4 is 35.1 Å². The highest BCUT2D eigenvalue weighted by Gasteiger charge is 2.40. The molecule has 4 N–H and O–H groups in total. The van der Waals surface area contributed by atoms with Crippen molar-refractivity contribution in [1.82, 2.24) is 21.5 Å². The van der Waals surface area contributed by atoms with Crippen molar-refractivity contribution in [3.05, 3.63) is 0 Å². The van der Waals surface area contributed by atoms with Crippen LogP contribution in [0.5, 0.6) is 0 Å². The fourth-order valence-corrected chi connectivity index (χ4v) is 4.99. The Kier molecular flexibility index (Phi) is 8.23. The van der Waals surface area contributed by atoms with E-state index in [2.05, 4.69) is 21.5 Å². The van der Waals surface area contributed by atoms with Gasteiger partial charge in [0.1, 0.15) is 6.17 Å². The Labute approximate surface area is 177 Å². The minimum Gasteiger partial charge on any atom is -0.383 e. The highest BCUT2D eigenvalue weighted by atomic mass is 35.5. The van der Waals surface area contributed by atoms with Crippen molar-refractivity contribution in [3.63, 3.8) is 0 Å². The summed E-state index contributed by atoms with van der Waals surface area (Å²) in [6.07, 6.45) is 6.27. The van der Waals surface area contributed by atoms with E-state index in [4.69, 9.17) is 32.9 Å². The van der Waals surface area contributed by atoms with Crippen LogP contribution >= 0.6 is 23.2 Å². The summed E-state index contributed by atoms with van der Waals surface area (Å²) >= 11 is 12.5. The first-order valence-corrected chi connectivity index (χ1v) is 11.3. The maximum Gasteiger partial charge on any atom is 0.229 e. The molecule has 0 aromatic heterocycles. The van der Waals surface area contributed by atoms with Gasteiger partial charge in [-0.05, 0) is 51.9 Å². The number of hydrogen-bond acceptors (Lipinski definition) is 5. The molecule has 4 unspecified atom stereocenters. The van der Waals surface area contributed by atoms with Gasteiger partial charge >= 0.3 is 0 Å². The van der Waals surface area contributed by atoms with E-state index in [1.807, 2.05) is 6.92 Å². The molecule has 3 aliphatic rings. The van der Waals surface area contributed by atoms with Gasteiger partial charge in [-0.3, -0.25) is 15.5 Å². The number of carbonyl (C=O) groups excluding carboxylic acids is 1. The molecule has 0 aromatic rings. The number of rotatable bonds is 5. The van der Waals surface area contributed by atoms with Crippen LogP contribution in [0, 0.1) is 11.8 Å². The lowest BCUT2D eigenvalue weighted by Crippen LogP contribution is -2.49. The Hall–Kier alpha value is -0.600. The molecule has 1 heterocycles. The summed E-state index contributed by atoms with van der Waals surface area (Å²) in [5.74, 6) is 0.892. The smallest absolute Gasteiger partial charge is 0.229 e. The monoisotopic (exact) mass is 433 g/mol. The molecule has 1 amide bonds. The van der Waals surface area contributed by atoms with E-state index in [9.17, 15) is 4.79 Å². The third-order valence-electron chi connectivity index (χ3n) is 6.00. The quantitative estimate of drug-likeness (QED) is 0.303. The van der Waals surface area contributed by atoms with Gasteiger partial charge in [0.2, 0.25) is 5.91 Å². The van der Waals surface area contributed by atoms with E-state index >= 15 is 0 Å². The lowest BCUT2D eigenvalue weighted by Gasteiger charge is -2.29. The molecule has 1 saturated heterocycles. The van der Waals surface area contributed by atoms with Crippen LogP contribution in [0.4, 0.5) is 0 Å². The molecule has 0 aromatic carbocycles. The summed E-state index contributed by atoms with van der Waals surface area (Å²) in [4.78, 5) is 17.6. The lowest BCUT2D eigenvalue weighted by atomic mass is 9.84. The Balaban J connectivity index is 1.66. The van der Waals surface area contributed by atoms with Crippen molar-refractivity contribution in [1.29, 1.82) is 0 Å².